The first kappa shape index (κ1) is 15.9. The Hall–Kier alpha value is -3.61. The molecule has 7 heteroatoms. The van der Waals surface area contributed by atoms with Crippen molar-refractivity contribution in [2.75, 3.05) is 12.4 Å². The highest BCUT2D eigenvalue weighted by molar-refractivity contribution is 6.05. The summed E-state index contributed by atoms with van der Waals surface area (Å²) in [6.07, 6.45) is 1.68. The van der Waals surface area contributed by atoms with E-state index in [9.17, 15) is 4.79 Å². The fraction of sp³-hybridized carbons (Fsp3) is 0.105. The molecule has 0 atom stereocenters. The van der Waals surface area contributed by atoms with E-state index in [1.165, 1.54) is 7.11 Å². The highest BCUT2D eigenvalue weighted by Crippen LogP contribution is 2.23. The number of fused-ring (bicyclic) bond motifs is 1. The molecular formula is C19H16N4O3. The Bertz CT molecular complexity index is 1080. The summed E-state index contributed by atoms with van der Waals surface area (Å²) in [6, 6.07) is 14.8. The number of oxazole rings is 1. The molecule has 7 nitrogen and oxygen atoms in total. The molecule has 0 bridgehead atoms. The Morgan fingerprint density at radius 1 is 1.19 bits per heavy atom. The van der Waals surface area contributed by atoms with Gasteiger partial charge >= 0.3 is 0 Å². The number of rotatable bonds is 4. The number of anilines is 1. The Kier molecular flexibility index (Phi) is 3.89. The molecule has 130 valence electrons. The molecule has 0 aliphatic rings. The number of amides is 1. The molecule has 2 aromatic carbocycles. The fourth-order valence-electron chi connectivity index (χ4n) is 2.69. The minimum Gasteiger partial charge on any atom is -0.493 e. The fourth-order valence-corrected chi connectivity index (χ4v) is 2.69. The third-order valence-electron chi connectivity index (χ3n) is 3.89. The van der Waals surface area contributed by atoms with Crippen LogP contribution in [0, 0.1) is 6.92 Å². The molecule has 0 aliphatic carbocycles. The second-order valence-corrected chi connectivity index (χ2v) is 5.70. The highest BCUT2D eigenvalue weighted by Gasteiger charge is 2.19. The van der Waals surface area contributed by atoms with E-state index < -0.39 is 0 Å². The first-order valence-electron chi connectivity index (χ1n) is 8.01. The van der Waals surface area contributed by atoms with Gasteiger partial charge in [-0.3, -0.25) is 4.79 Å². The van der Waals surface area contributed by atoms with Crippen LogP contribution in [0.1, 0.15) is 16.4 Å². The van der Waals surface area contributed by atoms with Crippen LogP contribution >= 0.6 is 0 Å². The lowest BCUT2D eigenvalue weighted by Gasteiger charge is -2.04. The van der Waals surface area contributed by atoms with Crippen molar-refractivity contribution in [2.45, 2.75) is 6.92 Å². The largest absolute Gasteiger partial charge is 0.493 e. The van der Waals surface area contributed by atoms with Crippen LogP contribution in [-0.2, 0) is 0 Å². The molecule has 4 rings (SSSR count). The normalized spacial score (nSPS) is 10.8. The van der Waals surface area contributed by atoms with Crippen molar-refractivity contribution in [3.63, 3.8) is 0 Å². The molecule has 0 fully saturated rings. The zero-order valence-corrected chi connectivity index (χ0v) is 14.3. The van der Waals surface area contributed by atoms with Crippen LogP contribution in [0.15, 0.2) is 59.1 Å². The van der Waals surface area contributed by atoms with Gasteiger partial charge in [0.15, 0.2) is 22.9 Å². The summed E-state index contributed by atoms with van der Waals surface area (Å²) in [5.74, 6) is 0.604. The van der Waals surface area contributed by atoms with Crippen LogP contribution in [-0.4, -0.2) is 27.8 Å². The number of aryl methyl sites for hydroxylation is 1. The molecule has 0 spiro atoms. The summed E-state index contributed by atoms with van der Waals surface area (Å²) in [6.45, 7) is 1.78. The number of ether oxygens (including phenoxy) is 1. The third kappa shape index (κ3) is 2.90. The van der Waals surface area contributed by atoms with Gasteiger partial charge in [0, 0.05) is 12.6 Å². The number of para-hydroxylation sites is 1. The summed E-state index contributed by atoms with van der Waals surface area (Å²) in [4.78, 5) is 16.9. The lowest BCUT2D eigenvalue weighted by molar-refractivity contribution is 0.101. The lowest BCUT2D eigenvalue weighted by Crippen LogP contribution is -2.14. The Morgan fingerprint density at radius 2 is 2.00 bits per heavy atom. The number of benzene rings is 2. The monoisotopic (exact) mass is 348 g/mol. The maximum absolute atomic E-state index is 12.7. The van der Waals surface area contributed by atoms with E-state index in [1.807, 2.05) is 30.3 Å². The van der Waals surface area contributed by atoms with Crippen molar-refractivity contribution in [1.82, 2.24) is 14.8 Å². The van der Waals surface area contributed by atoms with Gasteiger partial charge in [0.2, 0.25) is 0 Å². The summed E-state index contributed by atoms with van der Waals surface area (Å²) in [5.41, 5.74) is 3.00. The van der Waals surface area contributed by atoms with Gasteiger partial charge in [-0.25, -0.2) is 9.67 Å². The first-order chi connectivity index (χ1) is 12.6. The summed E-state index contributed by atoms with van der Waals surface area (Å²) >= 11 is 0. The lowest BCUT2D eigenvalue weighted by atomic mass is 10.2. The number of methoxy groups -OCH3 is 1. The number of hydrogen-bond donors (Lipinski definition) is 1. The van der Waals surface area contributed by atoms with Crippen LogP contribution in [0.25, 0.3) is 16.8 Å². The zero-order chi connectivity index (χ0) is 18.1. The van der Waals surface area contributed by atoms with Gasteiger partial charge in [-0.15, -0.1) is 0 Å². The van der Waals surface area contributed by atoms with Crippen LogP contribution in [0.4, 0.5) is 5.69 Å². The van der Waals surface area contributed by atoms with Gasteiger partial charge < -0.3 is 14.5 Å². The minimum atomic E-state index is -0.365. The maximum Gasteiger partial charge on any atom is 0.280 e. The SMILES string of the molecule is COc1cn(-c2ccccc2)nc1C(=O)Nc1ccc2oc(C)nc2c1. The van der Waals surface area contributed by atoms with Crippen molar-refractivity contribution in [3.8, 4) is 11.4 Å². The average Bonchev–Trinajstić information content (AvgIpc) is 3.24. The van der Waals surface area contributed by atoms with Crippen molar-refractivity contribution in [2.24, 2.45) is 0 Å². The Labute approximate surface area is 149 Å². The predicted octanol–water partition coefficient (Wildman–Crippen LogP) is 3.58. The number of nitrogens with one attached hydrogen (secondary N) is 1. The van der Waals surface area contributed by atoms with Gasteiger partial charge in [0.25, 0.3) is 5.91 Å². The molecule has 0 saturated heterocycles. The molecule has 1 amide bonds. The zero-order valence-electron chi connectivity index (χ0n) is 14.3. The molecule has 0 radical (unpaired) electrons. The summed E-state index contributed by atoms with van der Waals surface area (Å²) in [5, 5.41) is 7.18. The number of nitrogens with zero attached hydrogens (tertiary/aromatic N) is 3. The van der Waals surface area contributed by atoms with Gasteiger partial charge in [-0.05, 0) is 30.3 Å². The molecule has 2 aromatic heterocycles. The van der Waals surface area contributed by atoms with E-state index in [0.29, 0.717) is 28.4 Å². The number of aromatic nitrogens is 3. The van der Waals surface area contributed by atoms with Gasteiger partial charge in [0.1, 0.15) is 5.52 Å². The number of carbonyl (C=O) groups excluding carboxylic acids is 1. The van der Waals surface area contributed by atoms with E-state index in [2.05, 4.69) is 15.4 Å². The number of carbonyl (C=O) groups is 1. The van der Waals surface area contributed by atoms with Crippen molar-refractivity contribution >= 4 is 22.7 Å². The average molecular weight is 348 g/mol. The molecule has 2 heterocycles. The van der Waals surface area contributed by atoms with Crippen LogP contribution in [0.2, 0.25) is 0 Å². The smallest absolute Gasteiger partial charge is 0.280 e. The van der Waals surface area contributed by atoms with Crippen LogP contribution in [0.5, 0.6) is 5.75 Å². The molecule has 1 N–H and O–H groups in total. The van der Waals surface area contributed by atoms with Gasteiger partial charge in [-0.1, -0.05) is 18.2 Å². The van der Waals surface area contributed by atoms with E-state index in [4.69, 9.17) is 9.15 Å². The molecule has 0 saturated carbocycles. The molecule has 0 aliphatic heterocycles. The van der Waals surface area contributed by atoms with Gasteiger partial charge in [0.05, 0.1) is 19.0 Å². The quantitative estimate of drug-likeness (QED) is 0.609. The standard InChI is InChI=1S/C19H16N4O3/c1-12-20-15-10-13(8-9-16(15)26-12)21-19(24)18-17(25-2)11-23(22-18)14-6-4-3-5-7-14/h3-11H,1-2H3,(H,21,24). The van der Waals surface area contributed by atoms with E-state index in [1.54, 1.807) is 36.0 Å². The van der Waals surface area contributed by atoms with Gasteiger partial charge in [-0.2, -0.15) is 5.10 Å². The van der Waals surface area contributed by atoms with E-state index >= 15 is 0 Å². The second-order valence-electron chi connectivity index (χ2n) is 5.70. The predicted molar refractivity (Wildman–Crippen MR) is 96.8 cm³/mol. The third-order valence-corrected chi connectivity index (χ3v) is 3.89. The molecule has 0 unspecified atom stereocenters. The van der Waals surface area contributed by atoms with Crippen LogP contribution < -0.4 is 10.1 Å². The van der Waals surface area contributed by atoms with E-state index in [0.717, 1.165) is 5.69 Å². The summed E-state index contributed by atoms with van der Waals surface area (Å²) < 4.78 is 12.4. The van der Waals surface area contributed by atoms with Crippen molar-refractivity contribution in [1.29, 1.82) is 0 Å². The first-order valence-corrected chi connectivity index (χ1v) is 8.01. The maximum atomic E-state index is 12.7. The summed E-state index contributed by atoms with van der Waals surface area (Å²) in [7, 11) is 1.51. The van der Waals surface area contributed by atoms with Crippen molar-refractivity contribution < 1.29 is 13.9 Å². The Morgan fingerprint density at radius 3 is 2.77 bits per heavy atom. The minimum absolute atomic E-state index is 0.202. The Balaban J connectivity index is 1.63. The van der Waals surface area contributed by atoms with E-state index in [-0.39, 0.29) is 11.6 Å². The second kappa shape index (κ2) is 6.36. The van der Waals surface area contributed by atoms with Crippen LogP contribution in [0.3, 0.4) is 0 Å². The molecule has 26 heavy (non-hydrogen) atoms. The number of hydrogen-bond acceptors (Lipinski definition) is 5. The highest BCUT2D eigenvalue weighted by atomic mass is 16.5. The topological polar surface area (TPSA) is 82.2 Å². The van der Waals surface area contributed by atoms with Crippen molar-refractivity contribution in [3.05, 3.63) is 66.3 Å². The molecular weight excluding hydrogens is 332 g/mol. The molecule has 4 aromatic rings.